The Balaban J connectivity index is 2.93. The fourth-order valence-electron chi connectivity index (χ4n) is 1.13. The summed E-state index contributed by atoms with van der Waals surface area (Å²) in [6.45, 7) is -0.179. The highest BCUT2D eigenvalue weighted by molar-refractivity contribution is 7.91. The van der Waals surface area contributed by atoms with Gasteiger partial charge in [-0.3, -0.25) is 0 Å². The zero-order valence-electron chi connectivity index (χ0n) is 10.2. The Bertz CT molecular complexity index is 673. The molecule has 0 spiro atoms. The Morgan fingerprint density at radius 3 is 2.37 bits per heavy atom. The summed E-state index contributed by atoms with van der Waals surface area (Å²) in [5, 5.41) is 9.95. The smallest absolute Gasteiger partial charge is 0.336 e. The summed E-state index contributed by atoms with van der Waals surface area (Å²) in [5.41, 5.74) is -0.111. The molecule has 0 aliphatic rings. The van der Waals surface area contributed by atoms with E-state index in [4.69, 9.17) is 5.11 Å². The van der Waals surface area contributed by atoms with Gasteiger partial charge in [-0.25, -0.2) is 21.6 Å². The third kappa shape index (κ3) is 4.27. The summed E-state index contributed by atoms with van der Waals surface area (Å²) in [7, 11) is -5.87. The van der Waals surface area contributed by atoms with Gasteiger partial charge in [0.15, 0.2) is 0 Å². The number of rotatable bonds is 6. The molecule has 7 nitrogen and oxygen atoms in total. The number of thiophene rings is 1. The molecule has 1 rings (SSSR count). The second-order valence-electron chi connectivity index (χ2n) is 3.92. The van der Waals surface area contributed by atoms with Gasteiger partial charge in [-0.05, 0) is 6.07 Å². The predicted molar refractivity (Wildman–Crippen MR) is 70.8 cm³/mol. The minimum atomic E-state index is -3.85. The molecule has 0 unspecified atom stereocenters. The first-order valence-electron chi connectivity index (χ1n) is 5.00. The van der Waals surface area contributed by atoms with Gasteiger partial charge >= 0.3 is 5.97 Å². The maximum absolute atomic E-state index is 12.0. The molecule has 108 valence electrons. The number of aromatic carboxylic acids is 1. The van der Waals surface area contributed by atoms with Gasteiger partial charge in [0, 0.05) is 25.2 Å². The van der Waals surface area contributed by atoms with Crippen molar-refractivity contribution >= 4 is 37.2 Å². The van der Waals surface area contributed by atoms with Crippen LogP contribution in [0.15, 0.2) is 15.7 Å². The highest BCUT2D eigenvalue weighted by Crippen LogP contribution is 2.23. The quantitative estimate of drug-likeness (QED) is 0.794. The van der Waals surface area contributed by atoms with E-state index in [0.717, 1.165) is 28.0 Å². The van der Waals surface area contributed by atoms with Crippen LogP contribution in [0, 0.1) is 0 Å². The van der Waals surface area contributed by atoms with Crippen LogP contribution in [0.4, 0.5) is 0 Å². The van der Waals surface area contributed by atoms with Gasteiger partial charge in [0.05, 0.1) is 11.3 Å². The lowest BCUT2D eigenvalue weighted by Crippen LogP contribution is -2.31. The molecule has 0 saturated carbocycles. The molecule has 0 fully saturated rings. The maximum Gasteiger partial charge on any atom is 0.336 e. The van der Waals surface area contributed by atoms with Crippen LogP contribution in [-0.2, 0) is 19.9 Å². The molecule has 1 aromatic heterocycles. The van der Waals surface area contributed by atoms with E-state index in [1.807, 2.05) is 0 Å². The minimum absolute atomic E-state index is 0.111. The number of carbonyl (C=O) groups is 1. The van der Waals surface area contributed by atoms with Crippen molar-refractivity contribution in [3.05, 3.63) is 17.0 Å². The van der Waals surface area contributed by atoms with Crippen LogP contribution in [0.3, 0.4) is 0 Å². The van der Waals surface area contributed by atoms with Crippen LogP contribution in [0.5, 0.6) is 0 Å². The molecular formula is C9H13NO6S3. The van der Waals surface area contributed by atoms with Gasteiger partial charge in [-0.1, -0.05) is 0 Å². The summed E-state index contributed by atoms with van der Waals surface area (Å²) in [6.07, 6.45) is 1.02. The van der Waals surface area contributed by atoms with Crippen molar-refractivity contribution in [1.29, 1.82) is 0 Å². The van der Waals surface area contributed by atoms with Crippen molar-refractivity contribution < 1.29 is 26.7 Å². The molecule has 1 heterocycles. The lowest BCUT2D eigenvalue weighted by atomic mass is 10.4. The lowest BCUT2D eigenvalue weighted by molar-refractivity contribution is 0.0697. The highest BCUT2D eigenvalue weighted by Gasteiger charge is 2.24. The monoisotopic (exact) mass is 327 g/mol. The SMILES string of the molecule is CN(CCS(C)(=O)=O)S(=O)(=O)c1cc(C(=O)O)cs1. The number of nitrogens with zero attached hydrogens (tertiary/aromatic N) is 1. The maximum atomic E-state index is 12.0. The molecule has 0 saturated heterocycles. The standard InChI is InChI=1S/C9H13NO6S3/c1-10(3-4-18(2,13)14)19(15,16)8-5-7(6-17-8)9(11)12/h5-6H,3-4H2,1-2H3,(H,11,12). The van der Waals surface area contributed by atoms with Crippen molar-refractivity contribution in [2.75, 3.05) is 25.6 Å². The van der Waals surface area contributed by atoms with E-state index in [9.17, 15) is 21.6 Å². The van der Waals surface area contributed by atoms with Gasteiger partial charge < -0.3 is 5.11 Å². The van der Waals surface area contributed by atoms with Gasteiger partial charge in [0.2, 0.25) is 0 Å². The molecule has 0 aromatic carbocycles. The van der Waals surface area contributed by atoms with E-state index >= 15 is 0 Å². The summed E-state index contributed by atoms with van der Waals surface area (Å²) in [5.74, 6) is -1.50. The second-order valence-corrected chi connectivity index (χ2v) is 9.36. The molecule has 1 aromatic rings. The zero-order valence-corrected chi connectivity index (χ0v) is 12.7. The number of sulfonamides is 1. The Kier molecular flexibility index (Phi) is 4.72. The van der Waals surface area contributed by atoms with Crippen molar-refractivity contribution in [2.24, 2.45) is 0 Å². The number of carboxylic acid groups (broad SMARTS) is 1. The van der Waals surface area contributed by atoms with Crippen LogP contribution in [0.1, 0.15) is 10.4 Å². The highest BCUT2D eigenvalue weighted by atomic mass is 32.2. The first kappa shape index (κ1) is 16.1. The van der Waals surface area contributed by atoms with E-state index < -0.39 is 25.8 Å². The fraction of sp³-hybridized carbons (Fsp3) is 0.444. The average molecular weight is 327 g/mol. The molecule has 0 aliphatic carbocycles. The summed E-state index contributed by atoms with van der Waals surface area (Å²) in [6, 6.07) is 1.05. The van der Waals surface area contributed by atoms with E-state index in [2.05, 4.69) is 0 Å². The molecule has 0 radical (unpaired) electrons. The van der Waals surface area contributed by atoms with Gasteiger partial charge in [-0.15, -0.1) is 11.3 Å². The third-order valence-corrected chi connectivity index (χ3v) is 6.46. The Labute approximate surface area is 115 Å². The average Bonchev–Trinajstić information content (AvgIpc) is 2.74. The van der Waals surface area contributed by atoms with Crippen LogP contribution in [-0.4, -0.2) is 57.8 Å². The minimum Gasteiger partial charge on any atom is -0.478 e. The van der Waals surface area contributed by atoms with Crippen molar-refractivity contribution in [1.82, 2.24) is 4.31 Å². The molecule has 1 N–H and O–H groups in total. The third-order valence-electron chi connectivity index (χ3n) is 2.26. The number of carboxylic acids is 1. The molecule has 10 heteroatoms. The van der Waals surface area contributed by atoms with Crippen LogP contribution in [0.25, 0.3) is 0 Å². The van der Waals surface area contributed by atoms with Crippen molar-refractivity contribution in [3.8, 4) is 0 Å². The summed E-state index contributed by atoms with van der Waals surface area (Å²) in [4.78, 5) is 10.7. The van der Waals surface area contributed by atoms with Crippen LogP contribution in [0.2, 0.25) is 0 Å². The number of hydrogen-bond donors (Lipinski definition) is 1. The Morgan fingerprint density at radius 2 is 1.95 bits per heavy atom. The summed E-state index contributed by atoms with van der Waals surface area (Å²) < 4.78 is 46.8. The first-order chi connectivity index (χ1) is 8.54. The van der Waals surface area contributed by atoms with Crippen LogP contribution >= 0.6 is 11.3 Å². The second kappa shape index (κ2) is 5.57. The van der Waals surface area contributed by atoms with Gasteiger partial charge in [-0.2, -0.15) is 4.31 Å². The van der Waals surface area contributed by atoms with Crippen LogP contribution < -0.4 is 0 Å². The Hall–Kier alpha value is -0.970. The zero-order chi connectivity index (χ0) is 14.8. The molecule has 0 aliphatic heterocycles. The largest absolute Gasteiger partial charge is 0.478 e. The lowest BCUT2D eigenvalue weighted by Gasteiger charge is -2.15. The summed E-state index contributed by atoms with van der Waals surface area (Å²) >= 11 is 0.787. The van der Waals surface area contributed by atoms with E-state index in [1.165, 1.54) is 12.4 Å². The topological polar surface area (TPSA) is 109 Å². The molecular weight excluding hydrogens is 314 g/mol. The number of sulfone groups is 1. The van der Waals surface area contributed by atoms with Gasteiger partial charge in [0.1, 0.15) is 14.0 Å². The van der Waals surface area contributed by atoms with Gasteiger partial charge in [0.25, 0.3) is 10.0 Å². The normalized spacial score (nSPS) is 12.8. The first-order valence-corrected chi connectivity index (χ1v) is 9.38. The van der Waals surface area contributed by atoms with E-state index in [-0.39, 0.29) is 22.1 Å². The molecule has 0 amide bonds. The fourth-order valence-corrected chi connectivity index (χ4v) is 4.39. The molecule has 0 bridgehead atoms. The molecule has 19 heavy (non-hydrogen) atoms. The predicted octanol–water partition coefficient (Wildman–Crippen LogP) is 0.111. The number of hydrogen-bond acceptors (Lipinski definition) is 6. The Morgan fingerprint density at radius 1 is 1.37 bits per heavy atom. The van der Waals surface area contributed by atoms with E-state index in [1.54, 1.807) is 0 Å². The molecule has 0 atom stereocenters. The van der Waals surface area contributed by atoms with Crippen molar-refractivity contribution in [2.45, 2.75) is 4.21 Å². The van der Waals surface area contributed by atoms with E-state index in [0.29, 0.717) is 0 Å². The van der Waals surface area contributed by atoms with Crippen molar-refractivity contribution in [3.63, 3.8) is 0 Å².